The second-order valence-electron chi connectivity index (χ2n) is 17.0. The summed E-state index contributed by atoms with van der Waals surface area (Å²) in [6.45, 7) is 5.35. The average Bonchev–Trinajstić information content (AvgIpc) is 3.94. The van der Waals surface area contributed by atoms with Crippen LogP contribution in [-0.4, -0.2) is 85.6 Å². The summed E-state index contributed by atoms with van der Waals surface area (Å²) in [5.74, 6) is 0.0321. The predicted molar refractivity (Wildman–Crippen MR) is 239 cm³/mol. The number of carbonyl (C=O) groups excluding carboxylic acids is 1. The third-order valence-electron chi connectivity index (χ3n) is 13.3. The van der Waals surface area contributed by atoms with Gasteiger partial charge in [-0.2, -0.15) is 5.10 Å². The third kappa shape index (κ3) is 8.10. The Hall–Kier alpha value is -5.61. The number of aromatic nitrogens is 4. The van der Waals surface area contributed by atoms with Gasteiger partial charge >= 0.3 is 0 Å². The van der Waals surface area contributed by atoms with E-state index in [1.54, 1.807) is 29.2 Å². The number of carbonyl (C=O) groups is 1. The Kier molecular flexibility index (Phi) is 11.0. The van der Waals surface area contributed by atoms with Crippen LogP contribution in [0.2, 0.25) is 5.02 Å². The molecule has 10 rings (SSSR count). The lowest BCUT2D eigenvalue weighted by molar-refractivity contribution is -0.383. The van der Waals surface area contributed by atoms with Crippen LogP contribution in [-0.2, 0) is 15.7 Å². The first-order valence-corrected chi connectivity index (χ1v) is 22.9. The number of H-pyrrole nitrogens is 1. The maximum Gasteiger partial charge on any atom is 0.281 e. The molecule has 2 saturated heterocycles. The van der Waals surface area contributed by atoms with Crippen molar-refractivity contribution in [3.05, 3.63) is 117 Å². The van der Waals surface area contributed by atoms with E-state index in [1.807, 2.05) is 36.4 Å². The number of pyridine rings is 1. The van der Waals surface area contributed by atoms with E-state index in [0.717, 1.165) is 61.7 Å². The van der Waals surface area contributed by atoms with Gasteiger partial charge in [0.05, 0.1) is 44.7 Å². The minimum absolute atomic E-state index is 0.0258. The van der Waals surface area contributed by atoms with E-state index in [4.69, 9.17) is 21.1 Å². The van der Waals surface area contributed by atoms with Crippen molar-refractivity contribution >= 4 is 67.4 Å². The highest BCUT2D eigenvalue weighted by atomic mass is 35.5. The summed E-state index contributed by atoms with van der Waals surface area (Å²) in [6, 6.07) is 20.3. The fourth-order valence-corrected chi connectivity index (χ4v) is 10.6. The number of allylic oxidation sites excluding steroid dienone is 1. The van der Waals surface area contributed by atoms with Crippen LogP contribution in [0.4, 0.5) is 11.4 Å². The highest BCUT2D eigenvalue weighted by Crippen LogP contribution is 2.55. The van der Waals surface area contributed by atoms with E-state index in [2.05, 4.69) is 41.7 Å². The van der Waals surface area contributed by atoms with Crippen LogP contribution in [0.1, 0.15) is 73.3 Å². The zero-order valence-electron chi connectivity index (χ0n) is 34.2. The summed E-state index contributed by atoms with van der Waals surface area (Å²) in [5.41, 5.74) is 6.77. The zero-order chi connectivity index (χ0) is 42.4. The Balaban J connectivity index is 0.891. The number of benzene rings is 3. The van der Waals surface area contributed by atoms with E-state index in [-0.39, 0.29) is 27.9 Å². The third-order valence-corrected chi connectivity index (χ3v) is 14.6. The molecule has 2 aliphatic heterocycles. The zero-order valence-corrected chi connectivity index (χ0v) is 35.8. The SMILES string of the molecule is O=C(NS(=O)c1cc([N+](=O)[O-])c2cnn(C3CCOCC3)c2c1)c1ccc(N2CCN(CC3=C(c4ccc(Cl)cc4)CC4(CCC4)CC3)CC2)cc1Oc1cnc2[nH]ccc2c1. The minimum Gasteiger partial charge on any atom is -0.455 e. The highest BCUT2D eigenvalue weighted by molar-refractivity contribution is 7.83. The molecule has 1 spiro atoms. The molecule has 2 aliphatic carbocycles. The fraction of sp³-hybridized carbons (Fsp3) is 0.370. The van der Waals surface area contributed by atoms with Crippen LogP contribution in [0, 0.1) is 15.5 Å². The molecule has 1 atom stereocenters. The van der Waals surface area contributed by atoms with E-state index in [1.165, 1.54) is 54.7 Å². The standard InChI is InChI=1S/C46H47ClN8O6S/c47-33-4-2-30(3-5-33)39-26-46(12-1-13-46)14-8-32(39)29-52-16-18-53(19-17-52)35-6-7-38(43(23-35)61-36-22-31-9-15-48-44(31)49-27-36)45(56)51-62(59)37-24-41-40(42(25-37)55(57)58)28-50-54(41)34-10-20-60-21-11-34/h2-7,9,15,22-25,27-28,34H,1,8,10-14,16-21,26,29H2,(H,48,49)(H,51,56). The van der Waals surface area contributed by atoms with Gasteiger partial charge < -0.3 is 19.4 Å². The van der Waals surface area contributed by atoms with Crippen LogP contribution < -0.4 is 14.4 Å². The second kappa shape index (κ2) is 16.9. The van der Waals surface area contributed by atoms with Gasteiger partial charge in [-0.05, 0) is 104 Å². The topological polar surface area (TPSA) is 161 Å². The molecule has 4 aliphatic rings. The van der Waals surface area contributed by atoms with Gasteiger partial charge in [-0.25, -0.2) is 9.19 Å². The molecule has 14 nitrogen and oxygen atoms in total. The molecule has 2 N–H and O–H groups in total. The maximum absolute atomic E-state index is 14.1. The molecule has 16 heteroatoms. The number of aromatic amines is 1. The van der Waals surface area contributed by atoms with Gasteiger partial charge in [0.1, 0.15) is 17.1 Å². The number of piperazine rings is 1. The van der Waals surface area contributed by atoms with Crippen molar-refractivity contribution in [2.45, 2.75) is 62.3 Å². The smallest absolute Gasteiger partial charge is 0.281 e. The number of ether oxygens (including phenoxy) is 2. The summed E-state index contributed by atoms with van der Waals surface area (Å²) in [4.78, 5) is 38.3. The molecule has 0 bridgehead atoms. The number of rotatable bonds is 11. The molecular weight excluding hydrogens is 828 g/mol. The Labute approximate surface area is 366 Å². The fourth-order valence-electron chi connectivity index (χ4n) is 9.69. The van der Waals surface area contributed by atoms with Crippen molar-refractivity contribution in [3.63, 3.8) is 0 Å². The number of hydrogen-bond acceptors (Lipinski definition) is 10. The van der Waals surface area contributed by atoms with Gasteiger partial charge in [-0.3, -0.25) is 29.2 Å². The van der Waals surface area contributed by atoms with Gasteiger partial charge in [0, 0.05) is 80.4 Å². The summed E-state index contributed by atoms with van der Waals surface area (Å²) < 4.78 is 30.2. The van der Waals surface area contributed by atoms with Crippen LogP contribution in [0.15, 0.2) is 95.8 Å². The number of fused-ring (bicyclic) bond motifs is 2. The number of amides is 1. The largest absolute Gasteiger partial charge is 0.455 e. The van der Waals surface area contributed by atoms with Gasteiger partial charge in [-0.1, -0.05) is 35.7 Å². The number of anilines is 1. The number of nitrogens with zero attached hydrogens (tertiary/aromatic N) is 6. The quantitative estimate of drug-likeness (QED) is 0.0950. The molecule has 0 radical (unpaired) electrons. The van der Waals surface area contributed by atoms with Crippen molar-refractivity contribution in [3.8, 4) is 11.5 Å². The van der Waals surface area contributed by atoms with E-state index in [9.17, 15) is 19.1 Å². The van der Waals surface area contributed by atoms with Crippen molar-refractivity contribution in [2.75, 3.05) is 50.8 Å². The van der Waals surface area contributed by atoms with Crippen molar-refractivity contribution in [1.82, 2.24) is 29.4 Å². The van der Waals surface area contributed by atoms with E-state index < -0.39 is 21.8 Å². The molecular formula is C46H47ClN8O6S. The lowest BCUT2D eigenvalue weighted by Crippen LogP contribution is -2.47. The van der Waals surface area contributed by atoms with Crippen LogP contribution in [0.3, 0.4) is 0 Å². The van der Waals surface area contributed by atoms with Gasteiger partial charge in [0.15, 0.2) is 11.0 Å². The molecule has 3 fully saturated rings. The number of non-ortho nitro benzene ring substituents is 1. The molecule has 62 heavy (non-hydrogen) atoms. The monoisotopic (exact) mass is 874 g/mol. The molecule has 1 amide bonds. The van der Waals surface area contributed by atoms with Crippen molar-refractivity contribution in [2.24, 2.45) is 5.41 Å². The highest BCUT2D eigenvalue weighted by Gasteiger charge is 2.41. The predicted octanol–water partition coefficient (Wildman–Crippen LogP) is 9.00. The molecule has 6 aromatic rings. The Morgan fingerprint density at radius 3 is 2.58 bits per heavy atom. The number of nitro groups is 1. The lowest BCUT2D eigenvalue weighted by Gasteiger charge is -2.47. The minimum atomic E-state index is -2.16. The first kappa shape index (κ1) is 40.5. The van der Waals surface area contributed by atoms with E-state index >= 15 is 0 Å². The van der Waals surface area contributed by atoms with Gasteiger partial charge in [0.25, 0.3) is 11.6 Å². The molecule has 1 saturated carbocycles. The van der Waals surface area contributed by atoms with Gasteiger partial charge in [-0.15, -0.1) is 0 Å². The molecule has 320 valence electrons. The average molecular weight is 875 g/mol. The summed E-state index contributed by atoms with van der Waals surface area (Å²) in [6.07, 6.45) is 13.7. The second-order valence-corrected chi connectivity index (χ2v) is 18.7. The normalized spacial score (nSPS) is 18.9. The van der Waals surface area contributed by atoms with Gasteiger partial charge in [0.2, 0.25) is 0 Å². The first-order valence-electron chi connectivity index (χ1n) is 21.3. The van der Waals surface area contributed by atoms with Crippen molar-refractivity contribution < 1.29 is 23.4 Å². The van der Waals surface area contributed by atoms with Crippen LogP contribution >= 0.6 is 11.6 Å². The number of nitrogens with one attached hydrogen (secondary N) is 2. The number of nitro benzene ring substituents is 1. The van der Waals surface area contributed by atoms with Crippen LogP contribution in [0.5, 0.6) is 11.5 Å². The lowest BCUT2D eigenvalue weighted by atomic mass is 9.59. The molecule has 5 heterocycles. The van der Waals surface area contributed by atoms with Crippen molar-refractivity contribution in [1.29, 1.82) is 0 Å². The summed E-state index contributed by atoms with van der Waals surface area (Å²) >= 11 is 6.29. The number of hydrogen-bond donors (Lipinski definition) is 2. The van der Waals surface area contributed by atoms with Crippen LogP contribution in [0.25, 0.3) is 27.5 Å². The number of halogens is 1. The molecule has 3 aromatic carbocycles. The molecule has 3 aromatic heterocycles. The summed E-state index contributed by atoms with van der Waals surface area (Å²) in [7, 11) is -2.16. The maximum atomic E-state index is 14.1. The Morgan fingerprint density at radius 2 is 1.82 bits per heavy atom. The first-order chi connectivity index (χ1) is 30.2. The Bertz CT molecular complexity index is 2730. The van der Waals surface area contributed by atoms with E-state index in [0.29, 0.717) is 53.8 Å². The Morgan fingerprint density at radius 1 is 1.02 bits per heavy atom. The summed E-state index contributed by atoms with van der Waals surface area (Å²) in [5, 5.41) is 18.6. The molecule has 1 unspecified atom stereocenters.